The molecule has 1 N–H and O–H groups in total. The number of hydrogen-bond acceptors (Lipinski definition) is 4. The zero-order valence-electron chi connectivity index (χ0n) is 10.1. The van der Waals surface area contributed by atoms with Crippen molar-refractivity contribution >= 4 is 15.9 Å². The van der Waals surface area contributed by atoms with Gasteiger partial charge in [-0.2, -0.15) is 0 Å². The van der Waals surface area contributed by atoms with E-state index < -0.39 is 26.3 Å². The molecule has 0 spiro atoms. The number of aliphatic hydroxyl groups is 1. The molecule has 16 heavy (non-hydrogen) atoms. The summed E-state index contributed by atoms with van der Waals surface area (Å²) in [6, 6.07) is 0. The minimum Gasteiger partial charge on any atom is -0.388 e. The van der Waals surface area contributed by atoms with Gasteiger partial charge >= 0.3 is 0 Å². The average molecular weight is 249 g/mol. The highest BCUT2D eigenvalue weighted by atomic mass is 32.2. The van der Waals surface area contributed by atoms with Crippen LogP contribution in [0.4, 0.5) is 0 Å². The van der Waals surface area contributed by atoms with Crippen molar-refractivity contribution < 1.29 is 18.3 Å². The van der Waals surface area contributed by atoms with Gasteiger partial charge < -0.3 is 5.11 Å². The molecule has 0 atom stereocenters. The van der Waals surface area contributed by atoms with Gasteiger partial charge in [0.25, 0.3) is 15.9 Å². The summed E-state index contributed by atoms with van der Waals surface area (Å²) in [6.45, 7) is 6.18. The van der Waals surface area contributed by atoms with Gasteiger partial charge in [0.15, 0.2) is 4.75 Å². The van der Waals surface area contributed by atoms with E-state index in [0.717, 1.165) is 4.31 Å². The molecule has 1 saturated heterocycles. The Labute approximate surface area is 96.5 Å². The number of β-amino-alcohol motifs (C(OH)–C–C–N with tert-alkyl or cyclic N) is 1. The van der Waals surface area contributed by atoms with Crippen LogP contribution in [0.1, 0.15) is 40.5 Å². The molecule has 1 aliphatic heterocycles. The smallest absolute Gasteiger partial charge is 0.258 e. The van der Waals surface area contributed by atoms with Crippen molar-refractivity contribution in [2.45, 2.75) is 50.9 Å². The van der Waals surface area contributed by atoms with Crippen LogP contribution in [0.2, 0.25) is 0 Å². The third-order valence-electron chi connectivity index (χ3n) is 3.43. The van der Waals surface area contributed by atoms with Gasteiger partial charge in [-0.1, -0.05) is 13.8 Å². The standard InChI is InChI=1S/C10H19NO4S/c1-5-10(13,6-2)7-11-8(12)9(3,4)16(11,14)15/h13H,5-7H2,1-4H3. The molecule has 0 saturated carbocycles. The van der Waals surface area contributed by atoms with Gasteiger partial charge in [0.2, 0.25) is 0 Å². The van der Waals surface area contributed by atoms with E-state index in [0.29, 0.717) is 12.8 Å². The van der Waals surface area contributed by atoms with Gasteiger partial charge in [0.1, 0.15) is 0 Å². The van der Waals surface area contributed by atoms with E-state index in [1.165, 1.54) is 13.8 Å². The fourth-order valence-electron chi connectivity index (χ4n) is 1.65. The molecule has 1 rings (SSSR count). The lowest BCUT2D eigenvalue weighted by Gasteiger charge is -2.46. The Morgan fingerprint density at radius 1 is 1.31 bits per heavy atom. The highest BCUT2D eigenvalue weighted by Gasteiger charge is 2.61. The Kier molecular flexibility index (Phi) is 3.11. The van der Waals surface area contributed by atoms with E-state index in [4.69, 9.17) is 0 Å². The predicted octanol–water partition coefficient (Wildman–Crippen LogP) is 0.488. The fourth-order valence-corrected chi connectivity index (χ4v) is 3.26. The lowest BCUT2D eigenvalue weighted by molar-refractivity contribution is -0.135. The number of carbonyl (C=O) groups excluding carboxylic acids is 1. The first-order valence-corrected chi connectivity index (χ1v) is 6.85. The average Bonchev–Trinajstić information content (AvgIpc) is 2.24. The van der Waals surface area contributed by atoms with Crippen LogP contribution < -0.4 is 0 Å². The number of sulfonamides is 1. The molecule has 6 heteroatoms. The van der Waals surface area contributed by atoms with E-state index in [1.807, 2.05) is 0 Å². The molecular formula is C10H19NO4S. The second-order valence-corrected chi connectivity index (χ2v) is 7.17. The molecule has 94 valence electrons. The Bertz CT molecular complexity index is 395. The maximum Gasteiger partial charge on any atom is 0.258 e. The van der Waals surface area contributed by atoms with Gasteiger partial charge in [0.05, 0.1) is 12.1 Å². The zero-order valence-corrected chi connectivity index (χ0v) is 11.0. The van der Waals surface area contributed by atoms with Crippen molar-refractivity contribution in [3.05, 3.63) is 0 Å². The summed E-state index contributed by atoms with van der Waals surface area (Å²) >= 11 is 0. The van der Waals surface area contributed by atoms with Crippen LogP contribution in [0.15, 0.2) is 0 Å². The SMILES string of the molecule is CCC(O)(CC)CN1C(=O)C(C)(C)S1(=O)=O. The molecule has 0 aromatic carbocycles. The first kappa shape index (κ1) is 13.4. The van der Waals surface area contributed by atoms with Crippen molar-refractivity contribution in [2.75, 3.05) is 6.54 Å². The van der Waals surface area contributed by atoms with Crippen LogP contribution in [-0.2, 0) is 14.8 Å². The quantitative estimate of drug-likeness (QED) is 0.786. The fraction of sp³-hybridized carbons (Fsp3) is 0.900. The third kappa shape index (κ3) is 1.64. The van der Waals surface area contributed by atoms with Gasteiger partial charge in [-0.15, -0.1) is 0 Å². The lowest BCUT2D eigenvalue weighted by Crippen LogP contribution is -2.69. The van der Waals surface area contributed by atoms with Gasteiger partial charge in [-0.05, 0) is 26.7 Å². The van der Waals surface area contributed by atoms with Crippen molar-refractivity contribution in [3.63, 3.8) is 0 Å². The number of carbonyl (C=O) groups is 1. The first-order chi connectivity index (χ1) is 7.12. The topological polar surface area (TPSA) is 74.7 Å². The van der Waals surface area contributed by atoms with Crippen LogP contribution in [0.5, 0.6) is 0 Å². The molecule has 0 radical (unpaired) electrons. The van der Waals surface area contributed by atoms with Crippen LogP contribution in [0, 0.1) is 0 Å². The minimum atomic E-state index is -3.58. The molecule has 0 bridgehead atoms. The molecule has 1 fully saturated rings. The van der Waals surface area contributed by atoms with E-state index >= 15 is 0 Å². The maximum absolute atomic E-state index is 11.8. The van der Waals surface area contributed by atoms with Gasteiger partial charge in [-0.3, -0.25) is 4.79 Å². The van der Waals surface area contributed by atoms with E-state index in [-0.39, 0.29) is 6.54 Å². The van der Waals surface area contributed by atoms with Crippen molar-refractivity contribution in [1.29, 1.82) is 0 Å². The normalized spacial score (nSPS) is 23.1. The molecular weight excluding hydrogens is 230 g/mol. The van der Waals surface area contributed by atoms with Crippen LogP contribution in [0.25, 0.3) is 0 Å². The summed E-state index contributed by atoms with van der Waals surface area (Å²) in [6.07, 6.45) is 0.840. The Balaban J connectivity index is 2.92. The summed E-state index contributed by atoms with van der Waals surface area (Å²) in [5.74, 6) is -0.437. The highest BCUT2D eigenvalue weighted by Crippen LogP contribution is 2.36. The molecule has 0 aliphatic carbocycles. The molecule has 0 unspecified atom stereocenters. The number of nitrogens with zero attached hydrogens (tertiary/aromatic N) is 1. The van der Waals surface area contributed by atoms with Gasteiger partial charge in [0, 0.05) is 0 Å². The molecule has 5 nitrogen and oxygen atoms in total. The summed E-state index contributed by atoms with van der Waals surface area (Å²) < 4.78 is 23.0. The van der Waals surface area contributed by atoms with Crippen LogP contribution in [-0.4, -0.2) is 40.6 Å². The van der Waals surface area contributed by atoms with Crippen molar-refractivity contribution in [2.24, 2.45) is 0 Å². The predicted molar refractivity (Wildman–Crippen MR) is 60.2 cm³/mol. The zero-order chi connectivity index (χ0) is 12.8. The summed E-state index contributed by atoms with van der Waals surface area (Å²) in [5, 5.41) is 10.0. The second kappa shape index (κ2) is 3.70. The Morgan fingerprint density at radius 2 is 1.75 bits per heavy atom. The van der Waals surface area contributed by atoms with Crippen molar-refractivity contribution in [3.8, 4) is 0 Å². The largest absolute Gasteiger partial charge is 0.388 e. The molecule has 1 aliphatic rings. The van der Waals surface area contributed by atoms with E-state index in [2.05, 4.69) is 0 Å². The maximum atomic E-state index is 11.8. The Hall–Kier alpha value is -0.620. The second-order valence-electron chi connectivity index (χ2n) is 4.76. The highest BCUT2D eigenvalue weighted by molar-refractivity contribution is 7.94. The lowest BCUT2D eigenvalue weighted by atomic mass is 9.97. The van der Waals surface area contributed by atoms with Gasteiger partial charge in [-0.25, -0.2) is 12.7 Å². The van der Waals surface area contributed by atoms with E-state index in [1.54, 1.807) is 13.8 Å². The minimum absolute atomic E-state index is 0.134. The molecule has 1 heterocycles. The van der Waals surface area contributed by atoms with E-state index in [9.17, 15) is 18.3 Å². The molecule has 0 aromatic heterocycles. The number of hydrogen-bond donors (Lipinski definition) is 1. The van der Waals surface area contributed by atoms with Crippen LogP contribution in [0.3, 0.4) is 0 Å². The molecule has 0 aromatic rings. The number of rotatable bonds is 4. The Morgan fingerprint density at radius 3 is 2.06 bits per heavy atom. The van der Waals surface area contributed by atoms with Crippen LogP contribution >= 0.6 is 0 Å². The van der Waals surface area contributed by atoms with Crippen molar-refractivity contribution in [1.82, 2.24) is 4.31 Å². The number of amides is 1. The molecule has 1 amide bonds. The summed E-state index contributed by atoms with van der Waals surface area (Å²) in [7, 11) is -3.58. The summed E-state index contributed by atoms with van der Waals surface area (Å²) in [5.41, 5.74) is -1.11. The monoisotopic (exact) mass is 249 g/mol. The first-order valence-electron chi connectivity index (χ1n) is 5.41. The summed E-state index contributed by atoms with van der Waals surface area (Å²) in [4.78, 5) is 11.6. The third-order valence-corrected chi connectivity index (χ3v) is 5.77.